The standard InChI is InChI=1S/C22H14N2O2/c23-13-16-5-11-19(12-6-16)22(25)26-15-17-7-9-18(10-8-17)21-4-2-1-3-20(21)14-24/h1-12H,15H2. The number of carbonyl (C=O) groups is 1. The predicted octanol–water partition coefficient (Wildman–Crippen LogP) is 4.45. The molecule has 0 aliphatic carbocycles. The van der Waals surface area contributed by atoms with E-state index in [1.165, 1.54) is 0 Å². The van der Waals surface area contributed by atoms with Crippen molar-refractivity contribution >= 4 is 5.97 Å². The Bertz CT molecular complexity index is 1010. The van der Waals surface area contributed by atoms with Crippen LogP contribution in [-0.4, -0.2) is 5.97 Å². The Kier molecular flexibility index (Phi) is 5.08. The van der Waals surface area contributed by atoms with E-state index < -0.39 is 5.97 Å². The van der Waals surface area contributed by atoms with Crippen LogP contribution < -0.4 is 0 Å². The fourth-order valence-electron chi connectivity index (χ4n) is 2.53. The van der Waals surface area contributed by atoms with Gasteiger partial charge in [0.1, 0.15) is 6.61 Å². The number of ether oxygens (including phenoxy) is 1. The average Bonchev–Trinajstić information content (AvgIpc) is 2.72. The van der Waals surface area contributed by atoms with Crippen LogP contribution in [0.25, 0.3) is 11.1 Å². The van der Waals surface area contributed by atoms with Crippen molar-refractivity contribution in [2.75, 3.05) is 0 Å². The van der Waals surface area contributed by atoms with E-state index in [-0.39, 0.29) is 6.61 Å². The highest BCUT2D eigenvalue weighted by molar-refractivity contribution is 5.89. The van der Waals surface area contributed by atoms with Gasteiger partial charge in [0.2, 0.25) is 0 Å². The molecular formula is C22H14N2O2. The summed E-state index contributed by atoms with van der Waals surface area (Å²) in [5.41, 5.74) is 4.18. The maximum absolute atomic E-state index is 12.0. The Morgan fingerprint density at radius 1 is 0.846 bits per heavy atom. The van der Waals surface area contributed by atoms with E-state index in [0.717, 1.165) is 16.7 Å². The van der Waals surface area contributed by atoms with Crippen molar-refractivity contribution in [3.63, 3.8) is 0 Å². The normalized spacial score (nSPS) is 9.77. The van der Waals surface area contributed by atoms with Gasteiger partial charge in [-0.1, -0.05) is 42.5 Å². The minimum atomic E-state index is -0.437. The zero-order chi connectivity index (χ0) is 18.4. The maximum atomic E-state index is 12.0. The fourth-order valence-corrected chi connectivity index (χ4v) is 2.53. The minimum Gasteiger partial charge on any atom is -0.457 e. The number of carbonyl (C=O) groups excluding carboxylic acids is 1. The Labute approximate surface area is 151 Å². The minimum absolute atomic E-state index is 0.152. The highest BCUT2D eigenvalue weighted by atomic mass is 16.5. The second kappa shape index (κ2) is 7.79. The number of benzene rings is 3. The van der Waals surface area contributed by atoms with E-state index in [2.05, 4.69) is 6.07 Å². The van der Waals surface area contributed by atoms with E-state index in [9.17, 15) is 10.1 Å². The molecule has 0 atom stereocenters. The van der Waals surface area contributed by atoms with Crippen LogP contribution in [0.4, 0.5) is 0 Å². The van der Waals surface area contributed by atoms with E-state index in [1.807, 2.05) is 48.5 Å². The number of hydrogen-bond donors (Lipinski definition) is 0. The van der Waals surface area contributed by atoms with Crippen LogP contribution in [-0.2, 0) is 11.3 Å². The molecule has 26 heavy (non-hydrogen) atoms. The van der Waals surface area contributed by atoms with Gasteiger partial charge in [-0.15, -0.1) is 0 Å². The number of nitriles is 2. The number of nitrogens with zero attached hydrogens (tertiary/aromatic N) is 2. The Balaban J connectivity index is 1.67. The van der Waals surface area contributed by atoms with Crippen molar-refractivity contribution in [3.8, 4) is 23.3 Å². The van der Waals surface area contributed by atoms with Crippen LogP contribution in [0.2, 0.25) is 0 Å². The summed E-state index contributed by atoms with van der Waals surface area (Å²) in [4.78, 5) is 12.0. The molecule has 0 N–H and O–H groups in total. The molecule has 0 aliphatic heterocycles. The van der Waals surface area contributed by atoms with Gasteiger partial charge in [0, 0.05) is 0 Å². The van der Waals surface area contributed by atoms with Crippen molar-refractivity contribution < 1.29 is 9.53 Å². The van der Waals surface area contributed by atoms with Crippen LogP contribution in [0.1, 0.15) is 27.0 Å². The Morgan fingerprint density at radius 2 is 1.54 bits per heavy atom. The summed E-state index contributed by atoms with van der Waals surface area (Å²) < 4.78 is 5.30. The zero-order valence-corrected chi connectivity index (χ0v) is 13.8. The van der Waals surface area contributed by atoms with Crippen molar-refractivity contribution in [3.05, 3.63) is 95.1 Å². The van der Waals surface area contributed by atoms with Crippen LogP contribution in [0, 0.1) is 22.7 Å². The second-order valence-corrected chi connectivity index (χ2v) is 5.62. The fraction of sp³-hybridized carbons (Fsp3) is 0.0455. The lowest BCUT2D eigenvalue weighted by Crippen LogP contribution is -2.05. The van der Waals surface area contributed by atoms with Crippen LogP contribution in [0.5, 0.6) is 0 Å². The first-order valence-corrected chi connectivity index (χ1v) is 7.97. The molecule has 124 valence electrons. The molecule has 0 unspecified atom stereocenters. The average molecular weight is 338 g/mol. The second-order valence-electron chi connectivity index (χ2n) is 5.62. The maximum Gasteiger partial charge on any atom is 0.338 e. The van der Waals surface area contributed by atoms with E-state index in [4.69, 9.17) is 10.00 Å². The highest BCUT2D eigenvalue weighted by Gasteiger charge is 2.08. The monoisotopic (exact) mass is 338 g/mol. The molecule has 0 aromatic heterocycles. The van der Waals surface area contributed by atoms with Crippen molar-refractivity contribution in [2.24, 2.45) is 0 Å². The molecule has 0 bridgehead atoms. The molecule has 3 rings (SSSR count). The predicted molar refractivity (Wildman–Crippen MR) is 96.9 cm³/mol. The molecule has 0 amide bonds. The summed E-state index contributed by atoms with van der Waals surface area (Å²) in [6, 6.07) is 25.5. The van der Waals surface area contributed by atoms with Crippen molar-refractivity contribution in [1.29, 1.82) is 10.5 Å². The molecule has 0 saturated heterocycles. The largest absolute Gasteiger partial charge is 0.457 e. The summed E-state index contributed by atoms with van der Waals surface area (Å²) in [5.74, 6) is -0.437. The zero-order valence-electron chi connectivity index (χ0n) is 13.8. The van der Waals surface area contributed by atoms with Gasteiger partial charge in [0.15, 0.2) is 0 Å². The van der Waals surface area contributed by atoms with Crippen molar-refractivity contribution in [1.82, 2.24) is 0 Å². The molecule has 0 saturated carbocycles. The van der Waals surface area contributed by atoms with Crippen LogP contribution in [0.3, 0.4) is 0 Å². The first-order valence-electron chi connectivity index (χ1n) is 7.97. The molecule has 3 aromatic rings. The first-order chi connectivity index (χ1) is 12.7. The molecule has 3 aromatic carbocycles. The van der Waals surface area contributed by atoms with Gasteiger partial charge in [-0.3, -0.25) is 0 Å². The molecule has 0 radical (unpaired) electrons. The van der Waals surface area contributed by atoms with Crippen LogP contribution >= 0.6 is 0 Å². The number of esters is 1. The SMILES string of the molecule is N#Cc1ccc(C(=O)OCc2ccc(-c3ccccc3C#N)cc2)cc1. The third kappa shape index (κ3) is 3.77. The Morgan fingerprint density at radius 3 is 2.19 bits per heavy atom. The van der Waals surface area contributed by atoms with Gasteiger partial charge in [-0.25, -0.2) is 4.79 Å². The highest BCUT2D eigenvalue weighted by Crippen LogP contribution is 2.23. The molecule has 0 aliphatic rings. The number of hydrogen-bond acceptors (Lipinski definition) is 4. The van der Waals surface area contributed by atoms with Gasteiger partial charge >= 0.3 is 5.97 Å². The number of rotatable bonds is 4. The van der Waals surface area contributed by atoms with Gasteiger partial charge in [-0.2, -0.15) is 10.5 Å². The third-order valence-corrected chi connectivity index (χ3v) is 3.93. The summed E-state index contributed by atoms with van der Waals surface area (Å²) in [7, 11) is 0. The lowest BCUT2D eigenvalue weighted by molar-refractivity contribution is 0.0472. The molecule has 0 fully saturated rings. The third-order valence-electron chi connectivity index (χ3n) is 3.93. The quantitative estimate of drug-likeness (QED) is 0.659. The smallest absolute Gasteiger partial charge is 0.338 e. The lowest BCUT2D eigenvalue weighted by atomic mass is 9.99. The van der Waals surface area contributed by atoms with Gasteiger partial charge in [0.25, 0.3) is 0 Å². The van der Waals surface area contributed by atoms with Gasteiger partial charge < -0.3 is 4.74 Å². The summed E-state index contributed by atoms with van der Waals surface area (Å²) in [6.07, 6.45) is 0. The molecule has 0 heterocycles. The molecule has 4 heteroatoms. The Hall–Kier alpha value is -3.89. The topological polar surface area (TPSA) is 73.9 Å². The summed E-state index contributed by atoms with van der Waals surface area (Å²) in [5, 5.41) is 18.0. The summed E-state index contributed by atoms with van der Waals surface area (Å²) in [6.45, 7) is 0.152. The molecule has 4 nitrogen and oxygen atoms in total. The van der Waals surface area contributed by atoms with Gasteiger partial charge in [-0.05, 0) is 47.0 Å². The molecular weight excluding hydrogens is 324 g/mol. The van der Waals surface area contributed by atoms with Crippen LogP contribution in [0.15, 0.2) is 72.8 Å². The van der Waals surface area contributed by atoms with Gasteiger partial charge in [0.05, 0.1) is 28.8 Å². The van der Waals surface area contributed by atoms with Crippen molar-refractivity contribution in [2.45, 2.75) is 6.61 Å². The summed E-state index contributed by atoms with van der Waals surface area (Å²) >= 11 is 0. The molecule has 0 spiro atoms. The van der Waals surface area contributed by atoms with E-state index >= 15 is 0 Å². The van der Waals surface area contributed by atoms with E-state index in [1.54, 1.807) is 30.3 Å². The lowest BCUT2D eigenvalue weighted by Gasteiger charge is -2.07. The first kappa shape index (κ1) is 17.0. The van der Waals surface area contributed by atoms with E-state index in [0.29, 0.717) is 16.7 Å².